The van der Waals surface area contributed by atoms with E-state index in [1.165, 1.54) is 5.56 Å². The molecule has 2 heteroatoms. The van der Waals surface area contributed by atoms with E-state index in [0.717, 1.165) is 12.3 Å². The molecule has 1 aliphatic heterocycles. The molecule has 1 N–H and O–H groups in total. The first-order valence-corrected chi connectivity index (χ1v) is 5.07. The summed E-state index contributed by atoms with van der Waals surface area (Å²) in [6.07, 6.45) is 0. The summed E-state index contributed by atoms with van der Waals surface area (Å²) >= 11 is 0. The van der Waals surface area contributed by atoms with Gasteiger partial charge in [0.2, 0.25) is 0 Å². The zero-order valence-corrected chi connectivity index (χ0v) is 9.00. The molecule has 0 unspecified atom stereocenters. The van der Waals surface area contributed by atoms with E-state index < -0.39 is 0 Å². The molecule has 1 aromatic carbocycles. The zero-order chi connectivity index (χ0) is 10.2. The third-order valence-corrected chi connectivity index (χ3v) is 2.11. The van der Waals surface area contributed by atoms with Crippen molar-refractivity contribution in [2.24, 2.45) is 0 Å². The second-order valence-electron chi connectivity index (χ2n) is 4.74. The van der Waals surface area contributed by atoms with Crippen LogP contribution in [0.5, 0.6) is 5.75 Å². The summed E-state index contributed by atoms with van der Waals surface area (Å²) < 4.78 is 5.74. The molecular weight excluding hydrogens is 174 g/mol. The molecule has 1 saturated heterocycles. The van der Waals surface area contributed by atoms with Gasteiger partial charge in [0.15, 0.2) is 0 Å². The van der Waals surface area contributed by atoms with Crippen molar-refractivity contribution in [2.45, 2.75) is 32.4 Å². The minimum atomic E-state index is -0.112. The molecule has 2 rings (SSSR count). The molecule has 76 valence electrons. The van der Waals surface area contributed by atoms with Crippen molar-refractivity contribution in [3.05, 3.63) is 29.8 Å². The van der Waals surface area contributed by atoms with Crippen LogP contribution in [-0.4, -0.2) is 12.1 Å². The molecule has 1 fully saturated rings. The number of benzene rings is 1. The van der Waals surface area contributed by atoms with Crippen molar-refractivity contribution < 1.29 is 4.74 Å². The number of rotatable bonds is 2. The Bertz CT molecular complexity index is 306. The Labute approximate surface area is 85.3 Å². The van der Waals surface area contributed by atoms with Crippen LogP contribution in [0, 0.1) is 0 Å². The summed E-state index contributed by atoms with van der Waals surface area (Å²) in [6, 6.07) is 8.93. The molecule has 1 aliphatic rings. The van der Waals surface area contributed by atoms with Crippen LogP contribution in [0.3, 0.4) is 0 Å². The van der Waals surface area contributed by atoms with Gasteiger partial charge in [-0.1, -0.05) is 12.1 Å². The molecule has 0 saturated carbocycles. The molecule has 0 amide bonds. The van der Waals surface area contributed by atoms with E-state index in [-0.39, 0.29) is 5.60 Å². The second kappa shape index (κ2) is 3.28. The predicted octanol–water partition coefficient (Wildman–Crippen LogP) is 2.51. The lowest BCUT2D eigenvalue weighted by Crippen LogP contribution is -2.22. The summed E-state index contributed by atoms with van der Waals surface area (Å²) in [5, 5.41) is 3.28. The average molecular weight is 191 g/mol. The van der Waals surface area contributed by atoms with Gasteiger partial charge in [-0.2, -0.15) is 0 Å². The second-order valence-corrected chi connectivity index (χ2v) is 4.74. The molecule has 0 spiro atoms. The van der Waals surface area contributed by atoms with E-state index >= 15 is 0 Å². The Morgan fingerprint density at radius 1 is 1.21 bits per heavy atom. The third-order valence-electron chi connectivity index (χ3n) is 2.11. The smallest absolute Gasteiger partial charge is 0.120 e. The average Bonchev–Trinajstić information content (AvgIpc) is 2.85. The quantitative estimate of drug-likeness (QED) is 0.728. The number of ether oxygens (including phenoxy) is 1. The summed E-state index contributed by atoms with van der Waals surface area (Å²) in [7, 11) is 0. The molecule has 0 bridgehead atoms. The van der Waals surface area contributed by atoms with E-state index in [4.69, 9.17) is 4.74 Å². The Hall–Kier alpha value is -1.02. The first kappa shape index (κ1) is 9.53. The highest BCUT2D eigenvalue weighted by molar-refractivity contribution is 5.31. The molecule has 1 atom stereocenters. The largest absolute Gasteiger partial charge is 0.488 e. The molecule has 0 radical (unpaired) electrons. The molecule has 1 heterocycles. The summed E-state index contributed by atoms with van der Waals surface area (Å²) in [5.41, 5.74) is 1.24. The van der Waals surface area contributed by atoms with Crippen LogP contribution >= 0.6 is 0 Å². The van der Waals surface area contributed by atoms with Crippen LogP contribution in [0.1, 0.15) is 32.4 Å². The Kier molecular flexibility index (Phi) is 2.23. The van der Waals surface area contributed by atoms with Crippen LogP contribution in [0.25, 0.3) is 0 Å². The van der Waals surface area contributed by atoms with Crippen LogP contribution in [0.4, 0.5) is 0 Å². The Balaban J connectivity index is 2.06. The number of nitrogens with one attached hydrogen (secondary N) is 1. The van der Waals surface area contributed by atoms with Gasteiger partial charge in [-0.3, -0.25) is 0 Å². The molecular formula is C12H17NO. The van der Waals surface area contributed by atoms with Crippen molar-refractivity contribution in [2.75, 3.05) is 6.54 Å². The van der Waals surface area contributed by atoms with E-state index in [9.17, 15) is 0 Å². The van der Waals surface area contributed by atoms with Gasteiger partial charge in [0.25, 0.3) is 0 Å². The van der Waals surface area contributed by atoms with E-state index in [2.05, 4.69) is 38.2 Å². The van der Waals surface area contributed by atoms with Crippen molar-refractivity contribution in [1.82, 2.24) is 5.32 Å². The fourth-order valence-electron chi connectivity index (χ4n) is 1.42. The monoisotopic (exact) mass is 191 g/mol. The SMILES string of the molecule is CC(C)(C)Oc1ccc([C@H]2CN2)cc1. The van der Waals surface area contributed by atoms with Crippen LogP contribution in [0.15, 0.2) is 24.3 Å². The molecule has 0 aliphatic carbocycles. The Morgan fingerprint density at radius 3 is 2.21 bits per heavy atom. The van der Waals surface area contributed by atoms with Gasteiger partial charge in [-0.05, 0) is 38.5 Å². The molecule has 2 nitrogen and oxygen atoms in total. The molecule has 14 heavy (non-hydrogen) atoms. The van der Waals surface area contributed by atoms with Gasteiger partial charge in [0, 0.05) is 12.6 Å². The van der Waals surface area contributed by atoms with Crippen LogP contribution in [-0.2, 0) is 0 Å². The highest BCUT2D eigenvalue weighted by Gasteiger charge is 2.22. The van der Waals surface area contributed by atoms with E-state index in [1.54, 1.807) is 0 Å². The van der Waals surface area contributed by atoms with Gasteiger partial charge < -0.3 is 10.1 Å². The predicted molar refractivity (Wildman–Crippen MR) is 57.6 cm³/mol. The minimum absolute atomic E-state index is 0.112. The summed E-state index contributed by atoms with van der Waals surface area (Å²) in [6.45, 7) is 7.29. The standard InChI is InChI=1S/C12H17NO/c1-12(2,3)14-10-6-4-9(5-7-10)11-8-13-11/h4-7,11,13H,8H2,1-3H3/t11-/m1/s1. The summed E-state index contributed by atoms with van der Waals surface area (Å²) in [4.78, 5) is 0. The number of hydrogen-bond acceptors (Lipinski definition) is 2. The Morgan fingerprint density at radius 2 is 1.79 bits per heavy atom. The van der Waals surface area contributed by atoms with Gasteiger partial charge in [0.05, 0.1) is 0 Å². The van der Waals surface area contributed by atoms with Gasteiger partial charge in [0.1, 0.15) is 11.4 Å². The van der Waals surface area contributed by atoms with Crippen LogP contribution < -0.4 is 10.1 Å². The third kappa shape index (κ3) is 2.48. The number of hydrogen-bond donors (Lipinski definition) is 1. The van der Waals surface area contributed by atoms with Gasteiger partial charge in [-0.25, -0.2) is 0 Å². The van der Waals surface area contributed by atoms with Crippen molar-refractivity contribution in [3.63, 3.8) is 0 Å². The zero-order valence-electron chi connectivity index (χ0n) is 9.00. The first-order chi connectivity index (χ1) is 6.54. The van der Waals surface area contributed by atoms with Crippen molar-refractivity contribution in [1.29, 1.82) is 0 Å². The molecule has 1 aromatic rings. The van der Waals surface area contributed by atoms with Crippen molar-refractivity contribution >= 4 is 0 Å². The maximum absolute atomic E-state index is 5.74. The maximum Gasteiger partial charge on any atom is 0.120 e. The van der Waals surface area contributed by atoms with E-state index in [1.807, 2.05) is 12.1 Å². The fraction of sp³-hybridized carbons (Fsp3) is 0.500. The normalized spacial score (nSPS) is 20.6. The minimum Gasteiger partial charge on any atom is -0.488 e. The first-order valence-electron chi connectivity index (χ1n) is 5.07. The lowest BCUT2D eigenvalue weighted by atomic mass is 10.1. The summed E-state index contributed by atoms with van der Waals surface area (Å²) in [5.74, 6) is 0.946. The maximum atomic E-state index is 5.74. The topological polar surface area (TPSA) is 31.2 Å². The van der Waals surface area contributed by atoms with Crippen LogP contribution in [0.2, 0.25) is 0 Å². The molecule has 0 aromatic heterocycles. The highest BCUT2D eigenvalue weighted by atomic mass is 16.5. The fourth-order valence-corrected chi connectivity index (χ4v) is 1.42. The van der Waals surface area contributed by atoms with E-state index in [0.29, 0.717) is 6.04 Å². The van der Waals surface area contributed by atoms with Gasteiger partial charge in [-0.15, -0.1) is 0 Å². The van der Waals surface area contributed by atoms with Gasteiger partial charge >= 0.3 is 0 Å². The lowest BCUT2D eigenvalue weighted by molar-refractivity contribution is 0.131. The highest BCUT2D eigenvalue weighted by Crippen LogP contribution is 2.25. The van der Waals surface area contributed by atoms with Crippen molar-refractivity contribution in [3.8, 4) is 5.75 Å². The lowest BCUT2D eigenvalue weighted by Gasteiger charge is -2.21.